The lowest BCUT2D eigenvalue weighted by molar-refractivity contribution is 0.215. The summed E-state index contributed by atoms with van der Waals surface area (Å²) in [4.78, 5) is 0. The van der Waals surface area contributed by atoms with Crippen molar-refractivity contribution in [1.29, 1.82) is 0 Å². The summed E-state index contributed by atoms with van der Waals surface area (Å²) in [5, 5.41) is 0. The summed E-state index contributed by atoms with van der Waals surface area (Å²) in [6.45, 7) is 18.1. The van der Waals surface area contributed by atoms with Gasteiger partial charge in [-0.3, -0.25) is 0 Å². The van der Waals surface area contributed by atoms with E-state index in [-0.39, 0.29) is 0 Å². The van der Waals surface area contributed by atoms with Crippen molar-refractivity contribution in [2.24, 2.45) is 11.3 Å². The van der Waals surface area contributed by atoms with Crippen LogP contribution in [0, 0.1) is 11.3 Å². The van der Waals surface area contributed by atoms with Crippen LogP contribution < -0.4 is 0 Å². The van der Waals surface area contributed by atoms with Gasteiger partial charge in [-0.25, -0.2) is 0 Å². The zero-order valence-electron chi connectivity index (χ0n) is 15.8. The largest absolute Gasteiger partial charge is 0.0956 e. The van der Waals surface area contributed by atoms with Crippen molar-refractivity contribution in [3.05, 3.63) is 47.1 Å². The summed E-state index contributed by atoms with van der Waals surface area (Å²) in [5.74, 6) is 0.770. The van der Waals surface area contributed by atoms with Crippen molar-refractivity contribution in [3.63, 3.8) is 0 Å². The lowest BCUT2D eigenvalue weighted by Gasteiger charge is -2.36. The average molecular weight is 301 g/mol. The second kappa shape index (κ2) is 8.56. The number of hydrogen-bond acceptors (Lipinski definition) is 0. The molecule has 1 aliphatic carbocycles. The standard InChI is InChI=1S/C22H36/c1-8-9-10-11-12-19(17(2)3)15-20-16-21(22(5,6)7)14-13-18(20)4/h11-12,15,21H,4,8-10,13-14,16H2,1-3,5-7H3/b12-11+,20-15-. The molecule has 0 bridgehead atoms. The lowest BCUT2D eigenvalue weighted by atomic mass is 9.69. The SMILES string of the molecule is C=C1CCC(C(C)(C)C)C/C1=C/C(/C=C/CCCC)=C(C)C. The zero-order valence-corrected chi connectivity index (χ0v) is 15.8. The molecule has 0 heterocycles. The molecule has 0 spiro atoms. The van der Waals surface area contributed by atoms with Gasteiger partial charge in [0, 0.05) is 0 Å². The van der Waals surface area contributed by atoms with Gasteiger partial charge < -0.3 is 0 Å². The minimum Gasteiger partial charge on any atom is -0.0956 e. The first-order valence-electron chi connectivity index (χ1n) is 8.98. The third-order valence-corrected chi connectivity index (χ3v) is 4.87. The molecule has 1 unspecified atom stereocenters. The van der Waals surface area contributed by atoms with Gasteiger partial charge in [0.2, 0.25) is 0 Å². The fourth-order valence-electron chi connectivity index (χ4n) is 3.00. The van der Waals surface area contributed by atoms with Gasteiger partial charge in [-0.1, -0.05) is 76.5 Å². The van der Waals surface area contributed by atoms with Crippen LogP contribution in [0.25, 0.3) is 0 Å². The first-order valence-corrected chi connectivity index (χ1v) is 8.98. The minimum absolute atomic E-state index is 0.391. The van der Waals surface area contributed by atoms with E-state index in [1.165, 1.54) is 54.4 Å². The van der Waals surface area contributed by atoms with Gasteiger partial charge in [0.1, 0.15) is 0 Å². The quantitative estimate of drug-likeness (QED) is 0.366. The molecule has 0 saturated heterocycles. The van der Waals surface area contributed by atoms with Crippen LogP contribution in [0.15, 0.2) is 47.1 Å². The molecule has 1 aliphatic rings. The fraction of sp³-hybridized carbons (Fsp3) is 0.636. The Balaban J connectivity index is 2.92. The first kappa shape index (κ1) is 19.0. The highest BCUT2D eigenvalue weighted by atomic mass is 14.3. The Hall–Kier alpha value is -1.04. The number of hydrogen-bond donors (Lipinski definition) is 0. The van der Waals surface area contributed by atoms with Crippen molar-refractivity contribution in [2.45, 2.75) is 80.1 Å². The molecule has 22 heavy (non-hydrogen) atoms. The molecule has 0 aromatic rings. The fourth-order valence-corrected chi connectivity index (χ4v) is 3.00. The number of unbranched alkanes of at least 4 members (excludes halogenated alkanes) is 2. The highest BCUT2D eigenvalue weighted by molar-refractivity contribution is 5.43. The molecule has 1 saturated carbocycles. The zero-order chi connectivity index (χ0) is 16.8. The smallest absolute Gasteiger partial charge is 0.0243 e. The van der Waals surface area contributed by atoms with E-state index in [1.54, 1.807) is 0 Å². The predicted molar refractivity (Wildman–Crippen MR) is 101 cm³/mol. The summed E-state index contributed by atoms with van der Waals surface area (Å²) in [6.07, 6.45) is 14.4. The number of rotatable bonds is 5. The van der Waals surface area contributed by atoms with Crippen molar-refractivity contribution < 1.29 is 0 Å². The van der Waals surface area contributed by atoms with Crippen LogP contribution in [0.4, 0.5) is 0 Å². The Morgan fingerprint density at radius 3 is 2.50 bits per heavy atom. The van der Waals surface area contributed by atoms with Gasteiger partial charge in [0.05, 0.1) is 0 Å². The van der Waals surface area contributed by atoms with Gasteiger partial charge in [-0.2, -0.15) is 0 Å². The molecule has 124 valence electrons. The van der Waals surface area contributed by atoms with Gasteiger partial charge in [0.25, 0.3) is 0 Å². The molecule has 0 nitrogen and oxygen atoms in total. The maximum absolute atomic E-state index is 4.32. The molecule has 0 amide bonds. The van der Waals surface area contributed by atoms with Gasteiger partial charge in [-0.15, -0.1) is 0 Å². The summed E-state index contributed by atoms with van der Waals surface area (Å²) in [5.41, 5.74) is 5.98. The molecule has 1 rings (SSSR count). The third-order valence-electron chi connectivity index (χ3n) is 4.87. The van der Waals surface area contributed by atoms with Crippen molar-refractivity contribution in [1.82, 2.24) is 0 Å². The highest BCUT2D eigenvalue weighted by Gasteiger charge is 2.29. The Bertz CT molecular complexity index is 459. The average Bonchev–Trinajstić information content (AvgIpc) is 2.42. The van der Waals surface area contributed by atoms with E-state index < -0.39 is 0 Å². The summed E-state index contributed by atoms with van der Waals surface area (Å²) < 4.78 is 0. The molecule has 0 aliphatic heterocycles. The minimum atomic E-state index is 0.391. The topological polar surface area (TPSA) is 0 Å². The molecule has 0 heteroatoms. The summed E-state index contributed by atoms with van der Waals surface area (Å²) in [7, 11) is 0. The van der Waals surface area contributed by atoms with Crippen LogP contribution in [-0.2, 0) is 0 Å². The van der Waals surface area contributed by atoms with Crippen molar-refractivity contribution in [2.75, 3.05) is 0 Å². The molecule has 0 aromatic carbocycles. The molecule has 0 aromatic heterocycles. The molecular weight excluding hydrogens is 264 g/mol. The Morgan fingerprint density at radius 2 is 1.95 bits per heavy atom. The van der Waals surface area contributed by atoms with E-state index in [1.807, 2.05) is 0 Å². The summed E-state index contributed by atoms with van der Waals surface area (Å²) in [6, 6.07) is 0. The molecule has 0 N–H and O–H groups in total. The second-order valence-electron chi connectivity index (χ2n) is 8.08. The van der Waals surface area contributed by atoms with E-state index >= 15 is 0 Å². The first-order chi connectivity index (χ1) is 10.3. The van der Waals surface area contributed by atoms with E-state index in [2.05, 4.69) is 66.3 Å². The Kier molecular flexibility index (Phi) is 7.39. The van der Waals surface area contributed by atoms with Crippen LogP contribution in [0.2, 0.25) is 0 Å². The number of allylic oxidation sites excluding steroid dienone is 7. The third kappa shape index (κ3) is 5.99. The maximum Gasteiger partial charge on any atom is -0.0243 e. The second-order valence-corrected chi connectivity index (χ2v) is 8.08. The van der Waals surface area contributed by atoms with Crippen LogP contribution in [0.1, 0.15) is 80.1 Å². The molecular formula is C22H36. The van der Waals surface area contributed by atoms with E-state index in [0.717, 1.165) is 12.3 Å². The van der Waals surface area contributed by atoms with E-state index in [9.17, 15) is 0 Å². The monoisotopic (exact) mass is 300 g/mol. The van der Waals surface area contributed by atoms with Crippen LogP contribution >= 0.6 is 0 Å². The van der Waals surface area contributed by atoms with Crippen LogP contribution in [0.3, 0.4) is 0 Å². The predicted octanol–water partition coefficient (Wildman–Crippen LogP) is 7.40. The van der Waals surface area contributed by atoms with E-state index in [0.29, 0.717) is 5.41 Å². The van der Waals surface area contributed by atoms with Crippen LogP contribution in [-0.4, -0.2) is 0 Å². The van der Waals surface area contributed by atoms with Gasteiger partial charge in [-0.05, 0) is 62.0 Å². The Labute approximate surface area is 139 Å². The van der Waals surface area contributed by atoms with Gasteiger partial charge in [0.15, 0.2) is 0 Å². The molecule has 1 fully saturated rings. The molecule has 0 radical (unpaired) electrons. The van der Waals surface area contributed by atoms with Crippen molar-refractivity contribution in [3.8, 4) is 0 Å². The summed E-state index contributed by atoms with van der Waals surface area (Å²) >= 11 is 0. The molecule has 1 atom stereocenters. The lowest BCUT2D eigenvalue weighted by Crippen LogP contribution is -2.24. The maximum atomic E-state index is 4.32. The van der Waals surface area contributed by atoms with E-state index in [4.69, 9.17) is 0 Å². The van der Waals surface area contributed by atoms with Crippen LogP contribution in [0.5, 0.6) is 0 Å². The Morgan fingerprint density at radius 1 is 1.27 bits per heavy atom. The normalized spacial score (nSPS) is 21.6. The van der Waals surface area contributed by atoms with Gasteiger partial charge >= 0.3 is 0 Å². The highest BCUT2D eigenvalue weighted by Crippen LogP contribution is 2.42. The van der Waals surface area contributed by atoms with Crippen molar-refractivity contribution >= 4 is 0 Å².